The van der Waals surface area contributed by atoms with E-state index in [1.54, 1.807) is 41.5 Å². The van der Waals surface area contributed by atoms with Crippen LogP contribution in [0.2, 0.25) is 0 Å². The standard InChI is InChI=1S/C41H66N2O13/c1-12-30-41(8,49)36(47)24(4)32(45)22(2)19-40(7,50-11)37(56-39-33(46)28(43(9)10)18-23(3)54-39)25(5)34(26(6)38(48)55-30)51-20-31(44)42-17-16-27-14-13-15-29-35(27)53-21-52-29/h13-15,22-26,28,30,33-34,36-37,39,46-47,49H,12,16-21H2,1-11H3,(H,42,44)/t22-,23-,24+,25+,26-,28+,30-,33-,34+,36-,37-,39+,40+,41-/m1/s1. The minimum Gasteiger partial charge on any atom is -0.459 e. The van der Waals surface area contributed by atoms with Crippen LogP contribution in [-0.4, -0.2) is 139 Å². The van der Waals surface area contributed by atoms with Crippen molar-refractivity contribution >= 4 is 17.7 Å². The van der Waals surface area contributed by atoms with Crippen LogP contribution in [0.25, 0.3) is 0 Å². The number of ketones is 1. The predicted molar refractivity (Wildman–Crippen MR) is 205 cm³/mol. The Labute approximate surface area is 331 Å². The highest BCUT2D eigenvalue weighted by atomic mass is 16.7. The Morgan fingerprint density at radius 3 is 2.39 bits per heavy atom. The number of para-hydroxylation sites is 1. The lowest BCUT2D eigenvalue weighted by atomic mass is 9.74. The third kappa shape index (κ3) is 10.2. The number of nitrogens with zero attached hydrogens (tertiary/aromatic N) is 1. The first-order valence-electron chi connectivity index (χ1n) is 19.9. The molecular weight excluding hydrogens is 728 g/mol. The Morgan fingerprint density at radius 1 is 1.05 bits per heavy atom. The van der Waals surface area contributed by atoms with Crippen molar-refractivity contribution in [3.05, 3.63) is 23.8 Å². The van der Waals surface area contributed by atoms with Gasteiger partial charge in [-0.2, -0.15) is 0 Å². The lowest BCUT2D eigenvalue weighted by Crippen LogP contribution is -2.60. The number of benzene rings is 1. The fraction of sp³-hybridized carbons (Fsp3) is 0.780. The van der Waals surface area contributed by atoms with Crippen molar-refractivity contribution in [3.8, 4) is 11.5 Å². The highest BCUT2D eigenvalue weighted by molar-refractivity contribution is 5.83. The van der Waals surface area contributed by atoms with Crippen LogP contribution >= 0.6 is 0 Å². The molecule has 1 aromatic carbocycles. The Kier molecular flexibility index (Phi) is 15.7. The van der Waals surface area contributed by atoms with E-state index in [1.165, 1.54) is 14.0 Å². The molecule has 1 aromatic rings. The molecule has 15 nitrogen and oxygen atoms in total. The van der Waals surface area contributed by atoms with Crippen LogP contribution in [0.1, 0.15) is 80.2 Å². The molecule has 0 saturated carbocycles. The summed E-state index contributed by atoms with van der Waals surface area (Å²) in [6.07, 6.45) is -6.02. The molecule has 318 valence electrons. The molecule has 0 radical (unpaired) electrons. The molecule has 15 heteroatoms. The smallest absolute Gasteiger partial charge is 0.311 e. The SMILES string of the molecule is CC[C@H]1OC(=O)[C@H](C)[C@@H](OCC(=O)NCCc2cccc3c2OCO3)[C@H](C)[C@@H](O[C@@H]2O[C@H](C)C[C@H](N(C)C)[C@H]2O)[C@@](C)(OC)C[C@@H](C)C(=O)[C@H](C)[C@@H](O)[C@]1(C)O. The van der Waals surface area contributed by atoms with E-state index in [1.807, 2.05) is 44.1 Å². The van der Waals surface area contributed by atoms with Crippen LogP contribution in [0.4, 0.5) is 0 Å². The second-order valence-corrected chi connectivity index (χ2v) is 16.6. The fourth-order valence-electron chi connectivity index (χ4n) is 8.62. The largest absolute Gasteiger partial charge is 0.459 e. The molecule has 4 rings (SSSR count). The average Bonchev–Trinajstić information content (AvgIpc) is 3.65. The number of cyclic esters (lactones) is 1. The van der Waals surface area contributed by atoms with E-state index in [0.717, 1.165) is 5.56 Å². The van der Waals surface area contributed by atoms with Gasteiger partial charge < -0.3 is 58.7 Å². The van der Waals surface area contributed by atoms with Crippen molar-refractivity contribution in [2.24, 2.45) is 23.7 Å². The van der Waals surface area contributed by atoms with Gasteiger partial charge in [-0.1, -0.05) is 39.8 Å². The Hall–Kier alpha value is -2.89. The van der Waals surface area contributed by atoms with Gasteiger partial charge in [-0.15, -0.1) is 0 Å². The molecule has 2 fully saturated rings. The number of Topliss-reactive ketones (excluding diaryl/α,β-unsaturated/α-hetero) is 1. The summed E-state index contributed by atoms with van der Waals surface area (Å²) in [7, 11) is 5.22. The van der Waals surface area contributed by atoms with E-state index in [9.17, 15) is 29.7 Å². The second kappa shape index (κ2) is 19.2. The zero-order valence-corrected chi connectivity index (χ0v) is 35.0. The molecule has 1 amide bonds. The second-order valence-electron chi connectivity index (χ2n) is 16.6. The van der Waals surface area contributed by atoms with Crippen LogP contribution < -0.4 is 14.8 Å². The number of fused-ring (bicyclic) bond motifs is 1. The first kappa shape index (κ1) is 45.8. The van der Waals surface area contributed by atoms with E-state index < -0.39 is 90.2 Å². The van der Waals surface area contributed by atoms with Crippen LogP contribution in [0.5, 0.6) is 11.5 Å². The molecule has 0 aromatic heterocycles. The summed E-state index contributed by atoms with van der Waals surface area (Å²) in [5.74, 6) is -3.76. The van der Waals surface area contributed by atoms with Crippen LogP contribution in [0.3, 0.4) is 0 Å². The molecule has 0 bridgehead atoms. The molecule has 2 saturated heterocycles. The summed E-state index contributed by atoms with van der Waals surface area (Å²) in [5.41, 5.74) is -2.38. The number of ether oxygens (including phenoxy) is 7. The number of methoxy groups -OCH3 is 1. The third-order valence-electron chi connectivity index (χ3n) is 12.1. The number of aliphatic hydroxyl groups is 3. The Balaban J connectivity index is 1.70. The maximum Gasteiger partial charge on any atom is 0.311 e. The topological polar surface area (TPSA) is 192 Å². The molecule has 3 aliphatic rings. The number of carbonyl (C=O) groups excluding carboxylic acids is 3. The number of aliphatic hydroxyl groups excluding tert-OH is 2. The maximum absolute atomic E-state index is 14.1. The summed E-state index contributed by atoms with van der Waals surface area (Å²) in [6, 6.07) is 5.27. The molecule has 0 aliphatic carbocycles. The number of likely N-dealkylation sites (N-methyl/N-ethyl adjacent to an activating group) is 1. The number of amides is 1. The van der Waals surface area contributed by atoms with Crippen LogP contribution in [-0.2, 0) is 44.5 Å². The summed E-state index contributed by atoms with van der Waals surface area (Å²) in [5, 5.41) is 37.5. The number of rotatable bonds is 11. The van der Waals surface area contributed by atoms with E-state index in [4.69, 9.17) is 33.2 Å². The predicted octanol–water partition coefficient (Wildman–Crippen LogP) is 2.63. The first-order chi connectivity index (χ1) is 26.3. The number of esters is 1. The quantitative estimate of drug-likeness (QED) is 0.239. The highest BCUT2D eigenvalue weighted by Gasteiger charge is 2.52. The van der Waals surface area contributed by atoms with Gasteiger partial charge in [-0.25, -0.2) is 0 Å². The minimum absolute atomic E-state index is 0.0905. The number of carbonyl (C=O) groups is 3. The molecule has 14 atom stereocenters. The molecule has 56 heavy (non-hydrogen) atoms. The van der Waals surface area contributed by atoms with Gasteiger partial charge in [-0.05, 0) is 79.1 Å². The van der Waals surface area contributed by atoms with E-state index in [0.29, 0.717) is 24.3 Å². The van der Waals surface area contributed by atoms with E-state index >= 15 is 0 Å². The molecule has 0 unspecified atom stereocenters. The summed E-state index contributed by atoms with van der Waals surface area (Å²) < 4.78 is 42.5. The van der Waals surface area contributed by atoms with Gasteiger partial charge in [0.2, 0.25) is 12.7 Å². The molecular formula is C41H66N2O13. The van der Waals surface area contributed by atoms with Gasteiger partial charge in [0.15, 0.2) is 17.8 Å². The Bertz CT molecular complexity index is 1490. The zero-order chi connectivity index (χ0) is 41.7. The zero-order valence-electron chi connectivity index (χ0n) is 35.0. The van der Waals surface area contributed by atoms with Gasteiger partial charge in [0, 0.05) is 37.5 Å². The van der Waals surface area contributed by atoms with Crippen molar-refractivity contribution in [3.63, 3.8) is 0 Å². The molecule has 0 spiro atoms. The van der Waals surface area contributed by atoms with E-state index in [2.05, 4.69) is 5.32 Å². The fourth-order valence-corrected chi connectivity index (χ4v) is 8.62. The first-order valence-corrected chi connectivity index (χ1v) is 19.9. The van der Waals surface area contributed by atoms with Gasteiger partial charge in [-0.3, -0.25) is 14.4 Å². The molecule has 3 aliphatic heterocycles. The van der Waals surface area contributed by atoms with Crippen molar-refractivity contribution in [1.29, 1.82) is 0 Å². The third-order valence-corrected chi connectivity index (χ3v) is 12.1. The van der Waals surface area contributed by atoms with Gasteiger partial charge >= 0.3 is 5.97 Å². The maximum atomic E-state index is 14.1. The lowest BCUT2D eigenvalue weighted by molar-refractivity contribution is -0.302. The number of nitrogens with one attached hydrogen (secondary N) is 1. The summed E-state index contributed by atoms with van der Waals surface area (Å²) in [6.45, 7) is 13.4. The average molecular weight is 795 g/mol. The van der Waals surface area contributed by atoms with Crippen LogP contribution in [0.15, 0.2) is 18.2 Å². The van der Waals surface area contributed by atoms with Crippen molar-refractivity contribution < 1.29 is 62.9 Å². The van der Waals surface area contributed by atoms with Gasteiger partial charge in [0.05, 0.1) is 35.9 Å². The van der Waals surface area contributed by atoms with Crippen LogP contribution in [0, 0.1) is 23.7 Å². The van der Waals surface area contributed by atoms with E-state index in [-0.39, 0.29) is 44.1 Å². The highest BCUT2D eigenvalue weighted by Crippen LogP contribution is 2.40. The number of hydrogen-bond acceptors (Lipinski definition) is 14. The van der Waals surface area contributed by atoms with Crippen molar-refractivity contribution in [2.75, 3.05) is 41.1 Å². The minimum atomic E-state index is -1.98. The molecule has 4 N–H and O–H groups in total. The number of hydrogen-bond donors (Lipinski definition) is 4. The van der Waals surface area contributed by atoms with Gasteiger partial charge in [0.25, 0.3) is 0 Å². The Morgan fingerprint density at radius 2 is 1.75 bits per heavy atom. The monoisotopic (exact) mass is 794 g/mol. The van der Waals surface area contributed by atoms with Gasteiger partial charge in [0.1, 0.15) is 30.2 Å². The van der Waals surface area contributed by atoms with Crippen molar-refractivity contribution in [2.45, 2.75) is 141 Å². The summed E-state index contributed by atoms with van der Waals surface area (Å²) >= 11 is 0. The summed E-state index contributed by atoms with van der Waals surface area (Å²) in [4.78, 5) is 43.3. The van der Waals surface area contributed by atoms with Crippen molar-refractivity contribution in [1.82, 2.24) is 10.2 Å². The lowest BCUT2D eigenvalue weighted by Gasteiger charge is -2.48. The molecule has 3 heterocycles. The normalized spacial score (nSPS) is 38.6.